The molecule has 1 atom stereocenters. The molecule has 3 aromatic rings. The van der Waals surface area contributed by atoms with E-state index in [1.54, 1.807) is 7.11 Å². The van der Waals surface area contributed by atoms with Crippen molar-refractivity contribution in [3.05, 3.63) is 65.9 Å². The van der Waals surface area contributed by atoms with E-state index in [-0.39, 0.29) is 11.9 Å². The van der Waals surface area contributed by atoms with Gasteiger partial charge < -0.3 is 14.1 Å². The van der Waals surface area contributed by atoms with Gasteiger partial charge in [-0.25, -0.2) is 0 Å². The summed E-state index contributed by atoms with van der Waals surface area (Å²) in [5, 5.41) is 1.04. The molecule has 1 fully saturated rings. The van der Waals surface area contributed by atoms with E-state index in [0.29, 0.717) is 6.42 Å². The second-order valence-corrected chi connectivity index (χ2v) is 7.15. The first-order chi connectivity index (χ1) is 13.2. The van der Waals surface area contributed by atoms with E-state index in [1.165, 1.54) is 12.0 Å². The zero-order chi connectivity index (χ0) is 18.6. The number of likely N-dealkylation sites (tertiary alicyclic amines) is 1. The minimum Gasteiger partial charge on any atom is -0.497 e. The Kier molecular flexibility index (Phi) is 5.14. The molecule has 1 amide bonds. The summed E-state index contributed by atoms with van der Waals surface area (Å²) < 4.78 is 11.1. The smallest absolute Gasteiger partial charge is 0.230 e. The van der Waals surface area contributed by atoms with Gasteiger partial charge in [0.05, 0.1) is 19.6 Å². The lowest BCUT2D eigenvalue weighted by Gasteiger charge is -2.30. The fourth-order valence-electron chi connectivity index (χ4n) is 3.95. The number of hydrogen-bond acceptors (Lipinski definition) is 3. The number of furan rings is 1. The van der Waals surface area contributed by atoms with Crippen molar-refractivity contribution >= 4 is 16.9 Å². The van der Waals surface area contributed by atoms with Crippen molar-refractivity contribution < 1.29 is 13.9 Å². The Balaban J connectivity index is 1.56. The lowest BCUT2D eigenvalue weighted by molar-refractivity contribution is -0.133. The van der Waals surface area contributed by atoms with Gasteiger partial charge in [-0.15, -0.1) is 0 Å². The standard InChI is InChI=1S/C23H25NO3/c1-26-19-12-10-17(11-13-19)21-8-3-2-6-14-24(21)23(25)16-20-15-18-7-4-5-9-22(18)27-20/h4-5,7,9-13,15,21H,2-3,6,8,14,16H2,1H3. The van der Waals surface area contributed by atoms with E-state index >= 15 is 0 Å². The number of fused-ring (bicyclic) bond motifs is 1. The van der Waals surface area contributed by atoms with Crippen LogP contribution in [0.3, 0.4) is 0 Å². The molecule has 1 aliphatic heterocycles. The normalized spacial score (nSPS) is 17.7. The highest BCUT2D eigenvalue weighted by Gasteiger charge is 2.27. The molecular weight excluding hydrogens is 338 g/mol. The van der Waals surface area contributed by atoms with Crippen molar-refractivity contribution in [2.24, 2.45) is 0 Å². The van der Waals surface area contributed by atoms with Crippen LogP contribution in [0.15, 0.2) is 59.0 Å². The number of methoxy groups -OCH3 is 1. The molecule has 1 unspecified atom stereocenters. The van der Waals surface area contributed by atoms with Gasteiger partial charge in [-0.05, 0) is 42.7 Å². The molecule has 0 aliphatic carbocycles. The van der Waals surface area contributed by atoms with Crippen LogP contribution in [0.25, 0.3) is 11.0 Å². The Morgan fingerprint density at radius 2 is 1.93 bits per heavy atom. The van der Waals surface area contributed by atoms with Gasteiger partial charge in [0.25, 0.3) is 0 Å². The predicted molar refractivity (Wildman–Crippen MR) is 106 cm³/mol. The Bertz CT molecular complexity index is 880. The third kappa shape index (κ3) is 3.85. The van der Waals surface area contributed by atoms with Gasteiger partial charge in [0.2, 0.25) is 5.91 Å². The van der Waals surface area contributed by atoms with Crippen molar-refractivity contribution in [3.8, 4) is 5.75 Å². The van der Waals surface area contributed by atoms with Crippen LogP contribution in [0.1, 0.15) is 43.0 Å². The molecule has 0 bridgehead atoms. The first kappa shape index (κ1) is 17.7. The molecule has 0 saturated carbocycles. The molecule has 4 nitrogen and oxygen atoms in total. The molecule has 0 spiro atoms. The number of para-hydroxylation sites is 1. The molecule has 140 valence electrons. The third-order valence-electron chi connectivity index (χ3n) is 5.38. The number of hydrogen-bond donors (Lipinski definition) is 0. The largest absolute Gasteiger partial charge is 0.497 e. The number of carbonyl (C=O) groups excluding carboxylic acids is 1. The van der Waals surface area contributed by atoms with Crippen LogP contribution in [0, 0.1) is 0 Å². The minimum atomic E-state index is 0.121. The van der Waals surface area contributed by atoms with Gasteiger partial charge >= 0.3 is 0 Å². The second kappa shape index (κ2) is 7.87. The Morgan fingerprint density at radius 1 is 1.11 bits per heavy atom. The molecule has 1 aromatic heterocycles. The lowest BCUT2D eigenvalue weighted by atomic mass is 10.00. The maximum absolute atomic E-state index is 13.1. The monoisotopic (exact) mass is 363 g/mol. The van der Waals surface area contributed by atoms with Crippen LogP contribution in [0.5, 0.6) is 5.75 Å². The van der Waals surface area contributed by atoms with Gasteiger partial charge in [-0.1, -0.05) is 43.2 Å². The second-order valence-electron chi connectivity index (χ2n) is 7.15. The summed E-state index contributed by atoms with van der Waals surface area (Å²) in [6, 6.07) is 18.1. The van der Waals surface area contributed by atoms with Crippen molar-refractivity contribution in [1.29, 1.82) is 0 Å². The van der Waals surface area contributed by atoms with Crippen molar-refractivity contribution in [2.45, 2.75) is 38.1 Å². The Labute approximate surface area is 159 Å². The maximum Gasteiger partial charge on any atom is 0.230 e. The first-order valence-electron chi connectivity index (χ1n) is 9.65. The van der Waals surface area contributed by atoms with Crippen LogP contribution < -0.4 is 4.74 Å². The molecular formula is C23H25NO3. The zero-order valence-electron chi connectivity index (χ0n) is 15.7. The number of nitrogens with zero attached hydrogens (tertiary/aromatic N) is 1. The van der Waals surface area contributed by atoms with E-state index in [0.717, 1.165) is 48.3 Å². The highest BCUT2D eigenvalue weighted by atomic mass is 16.5. The molecule has 4 rings (SSSR count). The van der Waals surface area contributed by atoms with Crippen LogP contribution in [-0.2, 0) is 11.2 Å². The number of benzene rings is 2. The molecule has 4 heteroatoms. The number of carbonyl (C=O) groups is 1. The average molecular weight is 363 g/mol. The lowest BCUT2D eigenvalue weighted by Crippen LogP contribution is -2.35. The maximum atomic E-state index is 13.1. The fourth-order valence-corrected chi connectivity index (χ4v) is 3.95. The molecule has 2 heterocycles. The molecule has 1 saturated heterocycles. The van der Waals surface area contributed by atoms with Crippen LogP contribution >= 0.6 is 0 Å². The van der Waals surface area contributed by atoms with Gasteiger partial charge in [0.1, 0.15) is 17.1 Å². The fraction of sp³-hybridized carbons (Fsp3) is 0.348. The molecule has 2 aromatic carbocycles. The summed E-state index contributed by atoms with van der Waals surface area (Å²) in [5.41, 5.74) is 2.01. The first-order valence-corrected chi connectivity index (χ1v) is 9.65. The Morgan fingerprint density at radius 3 is 2.70 bits per heavy atom. The summed E-state index contributed by atoms with van der Waals surface area (Å²) >= 11 is 0. The van der Waals surface area contributed by atoms with Crippen molar-refractivity contribution in [1.82, 2.24) is 4.90 Å². The van der Waals surface area contributed by atoms with Crippen LogP contribution in [0.2, 0.25) is 0 Å². The number of ether oxygens (including phenoxy) is 1. The van der Waals surface area contributed by atoms with Crippen LogP contribution in [0.4, 0.5) is 0 Å². The average Bonchev–Trinajstić information content (AvgIpc) is 2.94. The van der Waals surface area contributed by atoms with Crippen molar-refractivity contribution in [3.63, 3.8) is 0 Å². The summed E-state index contributed by atoms with van der Waals surface area (Å²) in [5.74, 6) is 1.71. The Hall–Kier alpha value is -2.75. The van der Waals surface area contributed by atoms with Gasteiger partial charge in [-0.3, -0.25) is 4.79 Å². The van der Waals surface area contributed by atoms with E-state index < -0.39 is 0 Å². The zero-order valence-corrected chi connectivity index (χ0v) is 15.7. The number of amides is 1. The number of rotatable bonds is 4. The molecule has 0 N–H and O–H groups in total. The molecule has 0 radical (unpaired) electrons. The molecule has 27 heavy (non-hydrogen) atoms. The third-order valence-corrected chi connectivity index (χ3v) is 5.38. The van der Waals surface area contributed by atoms with Crippen LogP contribution in [-0.4, -0.2) is 24.5 Å². The summed E-state index contributed by atoms with van der Waals surface area (Å²) in [6.45, 7) is 0.801. The van der Waals surface area contributed by atoms with Crippen molar-refractivity contribution in [2.75, 3.05) is 13.7 Å². The topological polar surface area (TPSA) is 42.7 Å². The highest BCUT2D eigenvalue weighted by molar-refractivity contribution is 5.82. The quantitative estimate of drug-likeness (QED) is 0.645. The van der Waals surface area contributed by atoms with Gasteiger partial charge in [0.15, 0.2) is 0 Å². The highest BCUT2D eigenvalue weighted by Crippen LogP contribution is 2.32. The minimum absolute atomic E-state index is 0.121. The molecule has 1 aliphatic rings. The van der Waals surface area contributed by atoms with Gasteiger partial charge in [0, 0.05) is 11.9 Å². The van der Waals surface area contributed by atoms with Gasteiger partial charge in [-0.2, -0.15) is 0 Å². The van der Waals surface area contributed by atoms with E-state index in [9.17, 15) is 4.79 Å². The summed E-state index contributed by atoms with van der Waals surface area (Å²) in [6.07, 6.45) is 4.67. The SMILES string of the molecule is COc1ccc(C2CCCCCN2C(=O)Cc2cc3ccccc3o2)cc1. The van der Waals surface area contributed by atoms with E-state index in [2.05, 4.69) is 12.1 Å². The predicted octanol–water partition coefficient (Wildman–Crippen LogP) is 5.13. The van der Waals surface area contributed by atoms with E-state index in [4.69, 9.17) is 9.15 Å². The summed E-state index contributed by atoms with van der Waals surface area (Å²) in [7, 11) is 1.67. The summed E-state index contributed by atoms with van der Waals surface area (Å²) in [4.78, 5) is 15.2. The van der Waals surface area contributed by atoms with E-state index in [1.807, 2.05) is 47.4 Å².